The molecule has 17 heavy (non-hydrogen) atoms. The van der Waals surface area contributed by atoms with Gasteiger partial charge in [0.1, 0.15) is 0 Å². The molecule has 0 heterocycles. The number of benzene rings is 1. The van der Waals surface area contributed by atoms with Crippen LogP contribution >= 0.6 is 0 Å². The van der Waals surface area contributed by atoms with E-state index in [0.29, 0.717) is 11.5 Å². The van der Waals surface area contributed by atoms with Crippen LogP contribution in [-0.4, -0.2) is 19.6 Å². The number of rotatable bonds is 6. The minimum Gasteiger partial charge on any atom is -0.319 e. The summed E-state index contributed by atoms with van der Waals surface area (Å²) in [5.41, 5.74) is 3.43. The van der Waals surface area contributed by atoms with Gasteiger partial charge in [-0.05, 0) is 43.0 Å². The summed E-state index contributed by atoms with van der Waals surface area (Å²) in [7, 11) is 2.01. The molecule has 0 saturated heterocycles. The van der Waals surface area contributed by atoms with Gasteiger partial charge in [-0.15, -0.1) is 0 Å². The number of likely N-dealkylation sites (N-methyl/N-ethyl adjacent to an activating group) is 1. The molecule has 0 aliphatic heterocycles. The van der Waals surface area contributed by atoms with E-state index in [2.05, 4.69) is 48.7 Å². The molecule has 0 bridgehead atoms. The lowest BCUT2D eigenvalue weighted by atomic mass is 10.0. The standard InChI is InChI=1S/C15H24N2/c1-15(2)10-14(15)17-11-13-7-5-4-6-12(13)8-9-16-3/h4-7,14,16-17H,8-11H2,1-3H3. The SMILES string of the molecule is CNCCc1ccccc1CNC1CC1(C)C. The minimum absolute atomic E-state index is 0.514. The zero-order valence-corrected chi connectivity index (χ0v) is 11.2. The van der Waals surface area contributed by atoms with E-state index in [-0.39, 0.29) is 0 Å². The smallest absolute Gasteiger partial charge is 0.0211 e. The molecule has 1 fully saturated rings. The van der Waals surface area contributed by atoms with Gasteiger partial charge in [-0.1, -0.05) is 38.1 Å². The van der Waals surface area contributed by atoms with Crippen molar-refractivity contribution in [2.24, 2.45) is 5.41 Å². The van der Waals surface area contributed by atoms with Gasteiger partial charge in [-0.25, -0.2) is 0 Å². The van der Waals surface area contributed by atoms with Crippen molar-refractivity contribution >= 4 is 0 Å². The monoisotopic (exact) mass is 232 g/mol. The quantitative estimate of drug-likeness (QED) is 0.786. The van der Waals surface area contributed by atoms with Gasteiger partial charge in [0.05, 0.1) is 0 Å². The average molecular weight is 232 g/mol. The summed E-state index contributed by atoms with van der Waals surface area (Å²) in [6, 6.07) is 9.47. The van der Waals surface area contributed by atoms with Crippen LogP contribution in [0.4, 0.5) is 0 Å². The second-order valence-electron chi connectivity index (χ2n) is 5.75. The molecule has 1 unspecified atom stereocenters. The summed E-state index contributed by atoms with van der Waals surface area (Å²) in [6.07, 6.45) is 2.42. The average Bonchev–Trinajstić information content (AvgIpc) is 2.93. The third-order valence-electron chi connectivity index (χ3n) is 3.82. The van der Waals surface area contributed by atoms with Crippen LogP contribution in [0.1, 0.15) is 31.4 Å². The lowest BCUT2D eigenvalue weighted by molar-refractivity contribution is 0.540. The van der Waals surface area contributed by atoms with Crippen LogP contribution in [0.15, 0.2) is 24.3 Å². The molecule has 0 aromatic heterocycles. The van der Waals surface area contributed by atoms with Crippen LogP contribution in [0.3, 0.4) is 0 Å². The molecule has 1 aromatic carbocycles. The molecular formula is C15H24N2. The predicted molar refractivity (Wildman–Crippen MR) is 73.1 cm³/mol. The maximum absolute atomic E-state index is 3.66. The molecule has 94 valence electrons. The molecule has 0 radical (unpaired) electrons. The summed E-state index contributed by atoms with van der Waals surface area (Å²) in [6.45, 7) is 6.72. The first-order valence-corrected chi connectivity index (χ1v) is 6.58. The van der Waals surface area contributed by atoms with Crippen molar-refractivity contribution in [1.29, 1.82) is 0 Å². The molecular weight excluding hydrogens is 208 g/mol. The van der Waals surface area contributed by atoms with Gasteiger partial charge >= 0.3 is 0 Å². The molecule has 1 atom stereocenters. The van der Waals surface area contributed by atoms with Crippen molar-refractivity contribution in [3.05, 3.63) is 35.4 Å². The highest BCUT2D eigenvalue weighted by Gasteiger charge is 2.44. The van der Waals surface area contributed by atoms with E-state index in [0.717, 1.165) is 19.5 Å². The number of hydrogen-bond acceptors (Lipinski definition) is 2. The van der Waals surface area contributed by atoms with Crippen LogP contribution in [0, 0.1) is 5.41 Å². The van der Waals surface area contributed by atoms with Gasteiger partial charge in [-0.2, -0.15) is 0 Å². The van der Waals surface area contributed by atoms with E-state index in [4.69, 9.17) is 0 Å². The fourth-order valence-electron chi connectivity index (χ4n) is 2.28. The molecule has 1 aromatic rings. The molecule has 0 amide bonds. The van der Waals surface area contributed by atoms with Gasteiger partial charge in [0.25, 0.3) is 0 Å². The van der Waals surface area contributed by atoms with E-state index in [1.54, 1.807) is 0 Å². The van der Waals surface area contributed by atoms with Gasteiger partial charge in [0.15, 0.2) is 0 Å². The first-order chi connectivity index (χ1) is 8.13. The molecule has 1 saturated carbocycles. The Kier molecular flexibility index (Phi) is 3.85. The molecule has 2 nitrogen and oxygen atoms in total. The highest BCUT2D eigenvalue weighted by molar-refractivity contribution is 5.27. The second kappa shape index (κ2) is 5.19. The zero-order valence-electron chi connectivity index (χ0n) is 11.2. The van der Waals surface area contributed by atoms with Gasteiger partial charge in [0.2, 0.25) is 0 Å². The summed E-state index contributed by atoms with van der Waals surface area (Å²) < 4.78 is 0. The van der Waals surface area contributed by atoms with E-state index >= 15 is 0 Å². The minimum atomic E-state index is 0.514. The normalized spacial score (nSPS) is 21.5. The topological polar surface area (TPSA) is 24.1 Å². The van der Waals surface area contributed by atoms with Crippen molar-refractivity contribution in [2.75, 3.05) is 13.6 Å². The third-order valence-corrected chi connectivity index (χ3v) is 3.82. The Labute approximate surface area is 105 Å². The predicted octanol–water partition coefficient (Wildman–Crippen LogP) is 2.34. The van der Waals surface area contributed by atoms with Crippen LogP contribution in [0.5, 0.6) is 0 Å². The summed E-state index contributed by atoms with van der Waals surface area (Å²) >= 11 is 0. The van der Waals surface area contributed by atoms with Crippen LogP contribution < -0.4 is 10.6 Å². The van der Waals surface area contributed by atoms with Crippen LogP contribution in [0.25, 0.3) is 0 Å². The van der Waals surface area contributed by atoms with Crippen molar-refractivity contribution < 1.29 is 0 Å². The molecule has 2 N–H and O–H groups in total. The van der Waals surface area contributed by atoms with Crippen molar-refractivity contribution in [2.45, 2.75) is 39.3 Å². The van der Waals surface area contributed by atoms with Crippen molar-refractivity contribution in [3.63, 3.8) is 0 Å². The number of hydrogen-bond donors (Lipinski definition) is 2. The Morgan fingerprint density at radius 3 is 2.47 bits per heavy atom. The zero-order chi connectivity index (χ0) is 12.3. The van der Waals surface area contributed by atoms with Crippen molar-refractivity contribution in [1.82, 2.24) is 10.6 Å². The maximum atomic E-state index is 3.66. The molecule has 2 rings (SSSR count). The molecule has 2 heteroatoms. The van der Waals surface area contributed by atoms with E-state index < -0.39 is 0 Å². The highest BCUT2D eigenvalue weighted by Crippen LogP contribution is 2.44. The summed E-state index contributed by atoms with van der Waals surface area (Å²) in [5.74, 6) is 0. The third kappa shape index (κ3) is 3.30. The Hall–Kier alpha value is -0.860. The summed E-state index contributed by atoms with van der Waals surface area (Å²) in [4.78, 5) is 0. The first-order valence-electron chi connectivity index (χ1n) is 6.58. The Bertz CT molecular complexity index is 371. The molecule has 0 spiro atoms. The fourth-order valence-corrected chi connectivity index (χ4v) is 2.28. The summed E-state index contributed by atoms with van der Waals surface area (Å²) in [5, 5.41) is 6.87. The number of nitrogens with one attached hydrogen (secondary N) is 2. The Morgan fingerprint density at radius 2 is 1.88 bits per heavy atom. The lowest BCUT2D eigenvalue weighted by Crippen LogP contribution is -2.21. The maximum Gasteiger partial charge on any atom is 0.0211 e. The van der Waals surface area contributed by atoms with E-state index in [9.17, 15) is 0 Å². The Morgan fingerprint density at radius 1 is 1.24 bits per heavy atom. The van der Waals surface area contributed by atoms with E-state index in [1.807, 2.05) is 7.05 Å². The van der Waals surface area contributed by atoms with Gasteiger partial charge < -0.3 is 10.6 Å². The van der Waals surface area contributed by atoms with Crippen molar-refractivity contribution in [3.8, 4) is 0 Å². The van der Waals surface area contributed by atoms with E-state index in [1.165, 1.54) is 17.5 Å². The van der Waals surface area contributed by atoms with Crippen LogP contribution in [0.2, 0.25) is 0 Å². The molecule has 1 aliphatic carbocycles. The largest absolute Gasteiger partial charge is 0.319 e. The fraction of sp³-hybridized carbons (Fsp3) is 0.600. The second-order valence-corrected chi connectivity index (χ2v) is 5.75. The highest BCUT2D eigenvalue weighted by atomic mass is 15.0. The van der Waals surface area contributed by atoms with Gasteiger partial charge in [-0.3, -0.25) is 0 Å². The first kappa shape index (κ1) is 12.6. The Balaban J connectivity index is 1.90. The van der Waals surface area contributed by atoms with Crippen LogP contribution in [-0.2, 0) is 13.0 Å². The lowest BCUT2D eigenvalue weighted by Gasteiger charge is -2.11. The molecule has 1 aliphatic rings. The van der Waals surface area contributed by atoms with Gasteiger partial charge in [0, 0.05) is 12.6 Å².